The third kappa shape index (κ3) is 3.23. The van der Waals surface area contributed by atoms with Crippen molar-refractivity contribution in [1.29, 1.82) is 0 Å². The molecule has 2 atom stereocenters. The molecule has 2 N–H and O–H groups in total. The fourth-order valence-electron chi connectivity index (χ4n) is 3.24. The zero-order chi connectivity index (χ0) is 13.0. The summed E-state index contributed by atoms with van der Waals surface area (Å²) in [5.41, 5.74) is -0.172. The van der Waals surface area contributed by atoms with Gasteiger partial charge in [0.15, 0.2) is 0 Å². The van der Waals surface area contributed by atoms with Crippen molar-refractivity contribution < 1.29 is 4.79 Å². The standard InChI is InChI=1S/C14H27N3O/c1-14(13(18)15-2)7-10-17(11-14)9-6-12-5-3-4-8-16-12/h12,16H,3-11H2,1-2H3,(H,15,18). The Hall–Kier alpha value is -0.610. The van der Waals surface area contributed by atoms with Crippen molar-refractivity contribution in [3.05, 3.63) is 0 Å². The van der Waals surface area contributed by atoms with E-state index in [2.05, 4.69) is 22.5 Å². The molecule has 2 rings (SSSR count). The van der Waals surface area contributed by atoms with Gasteiger partial charge in [0.25, 0.3) is 0 Å². The molecule has 1 amide bonds. The van der Waals surface area contributed by atoms with Crippen LogP contribution in [0, 0.1) is 5.41 Å². The number of likely N-dealkylation sites (tertiary alicyclic amines) is 1. The summed E-state index contributed by atoms with van der Waals surface area (Å²) in [4.78, 5) is 14.3. The summed E-state index contributed by atoms with van der Waals surface area (Å²) in [7, 11) is 1.74. The van der Waals surface area contributed by atoms with Crippen LogP contribution >= 0.6 is 0 Å². The molecule has 0 aromatic rings. The van der Waals surface area contributed by atoms with Crippen molar-refractivity contribution in [2.45, 2.75) is 45.1 Å². The van der Waals surface area contributed by atoms with Gasteiger partial charge in [-0.15, -0.1) is 0 Å². The zero-order valence-corrected chi connectivity index (χ0v) is 11.8. The van der Waals surface area contributed by atoms with Gasteiger partial charge >= 0.3 is 0 Å². The van der Waals surface area contributed by atoms with Gasteiger partial charge in [-0.2, -0.15) is 0 Å². The number of nitrogens with one attached hydrogen (secondary N) is 2. The Bertz CT molecular complexity index is 289. The highest BCUT2D eigenvalue weighted by molar-refractivity contribution is 5.82. The van der Waals surface area contributed by atoms with Gasteiger partial charge in [0.05, 0.1) is 5.41 Å². The van der Waals surface area contributed by atoms with Gasteiger partial charge < -0.3 is 15.5 Å². The third-order valence-electron chi connectivity index (χ3n) is 4.53. The van der Waals surface area contributed by atoms with E-state index in [0.717, 1.165) is 26.1 Å². The van der Waals surface area contributed by atoms with Gasteiger partial charge in [0.1, 0.15) is 0 Å². The van der Waals surface area contributed by atoms with Crippen LogP contribution < -0.4 is 10.6 Å². The molecule has 0 aliphatic carbocycles. The van der Waals surface area contributed by atoms with Crippen molar-refractivity contribution in [1.82, 2.24) is 15.5 Å². The quantitative estimate of drug-likeness (QED) is 0.785. The predicted octanol–water partition coefficient (Wildman–Crippen LogP) is 0.977. The van der Waals surface area contributed by atoms with Gasteiger partial charge in [-0.1, -0.05) is 6.42 Å². The maximum Gasteiger partial charge on any atom is 0.227 e. The fraction of sp³-hybridized carbons (Fsp3) is 0.929. The first-order chi connectivity index (χ1) is 8.64. The normalized spacial score (nSPS) is 33.6. The molecule has 104 valence electrons. The molecule has 0 aromatic carbocycles. The molecule has 0 spiro atoms. The minimum atomic E-state index is -0.172. The van der Waals surface area contributed by atoms with Crippen LogP contribution in [-0.4, -0.2) is 50.1 Å². The molecule has 4 nitrogen and oxygen atoms in total. The second-order valence-electron chi connectivity index (χ2n) is 6.10. The van der Waals surface area contributed by atoms with Gasteiger partial charge in [0.2, 0.25) is 5.91 Å². The third-order valence-corrected chi connectivity index (χ3v) is 4.53. The van der Waals surface area contributed by atoms with E-state index in [1.807, 2.05) is 0 Å². The second kappa shape index (κ2) is 6.02. The Morgan fingerprint density at radius 3 is 3.00 bits per heavy atom. The molecule has 2 saturated heterocycles. The van der Waals surface area contributed by atoms with Crippen LogP contribution in [0.25, 0.3) is 0 Å². The van der Waals surface area contributed by atoms with Crippen molar-refractivity contribution in [3.63, 3.8) is 0 Å². The highest BCUT2D eigenvalue weighted by Gasteiger charge is 2.39. The molecular weight excluding hydrogens is 226 g/mol. The number of carbonyl (C=O) groups excluding carboxylic acids is 1. The largest absolute Gasteiger partial charge is 0.359 e. The van der Waals surface area contributed by atoms with Gasteiger partial charge in [-0.05, 0) is 52.2 Å². The average Bonchev–Trinajstić information content (AvgIpc) is 2.80. The molecule has 0 aromatic heterocycles. The van der Waals surface area contributed by atoms with Crippen LogP contribution in [0.5, 0.6) is 0 Å². The molecule has 0 bridgehead atoms. The fourth-order valence-corrected chi connectivity index (χ4v) is 3.24. The van der Waals surface area contributed by atoms with Gasteiger partial charge in [0, 0.05) is 19.6 Å². The molecular formula is C14H27N3O. The number of rotatable bonds is 4. The minimum absolute atomic E-state index is 0.172. The molecule has 18 heavy (non-hydrogen) atoms. The van der Waals surface area contributed by atoms with Crippen molar-refractivity contribution in [3.8, 4) is 0 Å². The van der Waals surface area contributed by atoms with Crippen LogP contribution in [0.2, 0.25) is 0 Å². The summed E-state index contributed by atoms with van der Waals surface area (Å²) >= 11 is 0. The summed E-state index contributed by atoms with van der Waals surface area (Å²) in [6.07, 6.45) is 6.23. The second-order valence-corrected chi connectivity index (χ2v) is 6.10. The van der Waals surface area contributed by atoms with Crippen molar-refractivity contribution >= 4 is 5.91 Å². The molecule has 4 heteroatoms. The van der Waals surface area contributed by atoms with Crippen LogP contribution in [0.15, 0.2) is 0 Å². The van der Waals surface area contributed by atoms with E-state index in [1.165, 1.54) is 32.2 Å². The molecule has 0 radical (unpaired) electrons. The van der Waals surface area contributed by atoms with E-state index in [4.69, 9.17) is 0 Å². The Morgan fingerprint density at radius 1 is 1.50 bits per heavy atom. The Kier molecular flexibility index (Phi) is 4.62. The summed E-state index contributed by atoms with van der Waals surface area (Å²) in [5.74, 6) is 0.195. The maximum atomic E-state index is 11.8. The SMILES string of the molecule is CNC(=O)C1(C)CCN(CCC2CCCCN2)C1. The molecule has 2 fully saturated rings. The Labute approximate surface area is 110 Å². The first-order valence-corrected chi connectivity index (χ1v) is 7.32. The Balaban J connectivity index is 1.73. The summed E-state index contributed by atoms with van der Waals surface area (Å²) in [6, 6.07) is 0.700. The zero-order valence-electron chi connectivity index (χ0n) is 11.8. The van der Waals surface area contributed by atoms with Gasteiger partial charge in [-0.25, -0.2) is 0 Å². The van der Waals surface area contributed by atoms with E-state index in [9.17, 15) is 4.79 Å². The summed E-state index contributed by atoms with van der Waals surface area (Å²) < 4.78 is 0. The van der Waals surface area contributed by atoms with E-state index >= 15 is 0 Å². The predicted molar refractivity (Wildman–Crippen MR) is 73.5 cm³/mol. The molecule has 2 heterocycles. The molecule has 2 unspecified atom stereocenters. The highest BCUT2D eigenvalue weighted by Crippen LogP contribution is 2.30. The molecule has 2 aliphatic rings. The number of carbonyl (C=O) groups is 1. The Morgan fingerprint density at radius 2 is 2.33 bits per heavy atom. The first-order valence-electron chi connectivity index (χ1n) is 7.32. The number of amides is 1. The van der Waals surface area contributed by atoms with E-state index in [1.54, 1.807) is 7.05 Å². The summed E-state index contributed by atoms with van der Waals surface area (Å²) in [5, 5.41) is 6.39. The highest BCUT2D eigenvalue weighted by atomic mass is 16.2. The van der Waals surface area contributed by atoms with E-state index < -0.39 is 0 Å². The number of piperidine rings is 1. The lowest BCUT2D eigenvalue weighted by atomic mass is 9.89. The smallest absolute Gasteiger partial charge is 0.227 e. The van der Waals surface area contributed by atoms with E-state index in [0.29, 0.717) is 6.04 Å². The average molecular weight is 253 g/mol. The van der Waals surface area contributed by atoms with E-state index in [-0.39, 0.29) is 11.3 Å². The lowest BCUT2D eigenvalue weighted by Gasteiger charge is -2.27. The first kappa shape index (κ1) is 13.8. The van der Waals surface area contributed by atoms with Crippen LogP contribution in [0.1, 0.15) is 39.0 Å². The molecule has 2 aliphatic heterocycles. The van der Waals surface area contributed by atoms with Crippen molar-refractivity contribution in [2.24, 2.45) is 5.41 Å². The lowest BCUT2D eigenvalue weighted by Crippen LogP contribution is -2.40. The van der Waals surface area contributed by atoms with Crippen molar-refractivity contribution in [2.75, 3.05) is 33.2 Å². The topological polar surface area (TPSA) is 44.4 Å². The van der Waals surface area contributed by atoms with Crippen LogP contribution in [-0.2, 0) is 4.79 Å². The number of nitrogens with zero attached hydrogens (tertiary/aromatic N) is 1. The number of hydrogen-bond donors (Lipinski definition) is 2. The maximum absolute atomic E-state index is 11.8. The monoisotopic (exact) mass is 253 g/mol. The number of hydrogen-bond acceptors (Lipinski definition) is 3. The summed E-state index contributed by atoms with van der Waals surface area (Å²) in [6.45, 7) is 6.38. The van der Waals surface area contributed by atoms with Crippen LogP contribution in [0.3, 0.4) is 0 Å². The van der Waals surface area contributed by atoms with Gasteiger partial charge in [-0.3, -0.25) is 4.79 Å². The van der Waals surface area contributed by atoms with Crippen LogP contribution in [0.4, 0.5) is 0 Å². The molecule has 0 saturated carbocycles. The minimum Gasteiger partial charge on any atom is -0.359 e. The lowest BCUT2D eigenvalue weighted by molar-refractivity contribution is -0.129.